The minimum absolute atomic E-state index is 0.180. The van der Waals surface area contributed by atoms with Crippen molar-refractivity contribution < 1.29 is 18.7 Å². The van der Waals surface area contributed by atoms with Gasteiger partial charge in [-0.3, -0.25) is 4.79 Å². The van der Waals surface area contributed by atoms with Gasteiger partial charge in [-0.05, 0) is 42.0 Å². The molecule has 134 valence electrons. The SMILES string of the molecule is O=C(NCC(CO)c1ccc(F)cc1)c1cnn(-c2ccc(F)cc2)c1. The van der Waals surface area contributed by atoms with Crippen molar-refractivity contribution >= 4 is 5.91 Å². The summed E-state index contributed by atoms with van der Waals surface area (Å²) in [7, 11) is 0. The summed E-state index contributed by atoms with van der Waals surface area (Å²) in [6.45, 7) is 0.0173. The predicted octanol–water partition coefficient (Wildman–Crippen LogP) is 2.66. The summed E-state index contributed by atoms with van der Waals surface area (Å²) in [4.78, 5) is 12.3. The number of nitrogens with one attached hydrogen (secondary N) is 1. The lowest BCUT2D eigenvalue weighted by molar-refractivity contribution is 0.0947. The van der Waals surface area contributed by atoms with E-state index in [2.05, 4.69) is 10.4 Å². The van der Waals surface area contributed by atoms with Crippen LogP contribution in [0.5, 0.6) is 0 Å². The maximum atomic E-state index is 13.0. The van der Waals surface area contributed by atoms with Crippen LogP contribution < -0.4 is 5.32 Å². The lowest BCUT2D eigenvalue weighted by Crippen LogP contribution is -2.29. The minimum atomic E-state index is -0.359. The van der Waals surface area contributed by atoms with E-state index < -0.39 is 0 Å². The number of carbonyl (C=O) groups excluding carboxylic acids is 1. The number of hydrogen-bond donors (Lipinski definition) is 2. The monoisotopic (exact) mass is 357 g/mol. The summed E-state index contributed by atoms with van der Waals surface area (Å²) in [5.41, 5.74) is 1.70. The van der Waals surface area contributed by atoms with Crippen LogP contribution in [0.1, 0.15) is 21.8 Å². The highest BCUT2D eigenvalue weighted by Crippen LogP contribution is 2.15. The van der Waals surface area contributed by atoms with Crippen LogP contribution in [0.4, 0.5) is 8.78 Å². The fraction of sp³-hybridized carbons (Fsp3) is 0.158. The molecule has 1 aromatic heterocycles. The number of aliphatic hydroxyl groups is 1. The Bertz CT molecular complexity index is 877. The summed E-state index contributed by atoms with van der Waals surface area (Å²) < 4.78 is 27.4. The van der Waals surface area contributed by atoms with Gasteiger partial charge in [-0.2, -0.15) is 5.10 Å². The van der Waals surface area contributed by atoms with Crippen molar-refractivity contribution in [2.24, 2.45) is 0 Å². The van der Waals surface area contributed by atoms with Crippen LogP contribution in [0.25, 0.3) is 5.69 Å². The molecular formula is C19H17F2N3O2. The van der Waals surface area contributed by atoms with Crippen molar-refractivity contribution in [1.29, 1.82) is 0 Å². The molecule has 5 nitrogen and oxygen atoms in total. The van der Waals surface area contributed by atoms with Gasteiger partial charge in [0.25, 0.3) is 5.91 Å². The highest BCUT2D eigenvalue weighted by atomic mass is 19.1. The Morgan fingerprint density at radius 1 is 1.08 bits per heavy atom. The van der Waals surface area contributed by atoms with Gasteiger partial charge in [0.15, 0.2) is 0 Å². The van der Waals surface area contributed by atoms with Crippen LogP contribution >= 0.6 is 0 Å². The Kier molecular flexibility index (Phi) is 5.38. The number of aromatic nitrogens is 2. The Labute approximate surface area is 148 Å². The van der Waals surface area contributed by atoms with Gasteiger partial charge < -0.3 is 10.4 Å². The van der Waals surface area contributed by atoms with Crippen LogP contribution in [0.15, 0.2) is 60.9 Å². The first-order chi connectivity index (χ1) is 12.6. The molecule has 1 unspecified atom stereocenters. The summed E-state index contributed by atoms with van der Waals surface area (Å²) in [6, 6.07) is 11.5. The molecule has 1 heterocycles. The molecule has 1 amide bonds. The molecule has 1 atom stereocenters. The maximum Gasteiger partial charge on any atom is 0.254 e. The molecule has 26 heavy (non-hydrogen) atoms. The number of rotatable bonds is 6. The van der Waals surface area contributed by atoms with Crippen molar-refractivity contribution in [1.82, 2.24) is 15.1 Å². The van der Waals surface area contributed by atoms with Crippen LogP contribution in [-0.2, 0) is 0 Å². The summed E-state index contributed by atoms with van der Waals surface area (Å²) >= 11 is 0. The number of aliphatic hydroxyl groups excluding tert-OH is 1. The number of carbonyl (C=O) groups is 1. The maximum absolute atomic E-state index is 13.0. The number of hydrogen-bond acceptors (Lipinski definition) is 3. The highest BCUT2D eigenvalue weighted by Gasteiger charge is 2.14. The zero-order valence-electron chi connectivity index (χ0n) is 13.8. The Hall–Kier alpha value is -3.06. The standard InChI is InChI=1S/C19H17F2N3O2/c20-16-3-1-13(2-4-16)15(12-25)9-22-19(26)14-10-23-24(11-14)18-7-5-17(21)6-8-18/h1-8,10-11,15,25H,9,12H2,(H,22,26). The Morgan fingerprint density at radius 2 is 1.69 bits per heavy atom. The van der Waals surface area contributed by atoms with Gasteiger partial charge in [-0.1, -0.05) is 12.1 Å². The fourth-order valence-electron chi connectivity index (χ4n) is 2.52. The molecule has 0 saturated carbocycles. The number of amides is 1. The summed E-state index contributed by atoms with van der Waals surface area (Å²) in [5, 5.41) is 16.3. The van der Waals surface area contributed by atoms with E-state index in [4.69, 9.17) is 0 Å². The smallest absolute Gasteiger partial charge is 0.254 e. The fourth-order valence-corrected chi connectivity index (χ4v) is 2.52. The normalized spacial score (nSPS) is 12.0. The van der Waals surface area contributed by atoms with Gasteiger partial charge in [-0.25, -0.2) is 13.5 Å². The first-order valence-corrected chi connectivity index (χ1v) is 8.02. The Balaban J connectivity index is 1.64. The van der Waals surface area contributed by atoms with Crippen molar-refractivity contribution in [3.8, 4) is 5.69 Å². The minimum Gasteiger partial charge on any atom is -0.396 e. The van der Waals surface area contributed by atoms with Crippen LogP contribution in [0.3, 0.4) is 0 Å². The van der Waals surface area contributed by atoms with Crippen molar-refractivity contribution in [2.45, 2.75) is 5.92 Å². The van der Waals surface area contributed by atoms with Crippen LogP contribution in [0, 0.1) is 11.6 Å². The van der Waals surface area contributed by atoms with Gasteiger partial charge in [0, 0.05) is 18.7 Å². The quantitative estimate of drug-likeness (QED) is 0.713. The van der Waals surface area contributed by atoms with E-state index in [1.165, 1.54) is 41.3 Å². The van der Waals surface area contributed by atoms with Crippen molar-refractivity contribution in [3.63, 3.8) is 0 Å². The molecule has 2 aromatic carbocycles. The molecule has 0 bridgehead atoms. The average Bonchev–Trinajstić information content (AvgIpc) is 3.14. The molecule has 0 aliphatic carbocycles. The third-order valence-corrected chi connectivity index (χ3v) is 4.01. The van der Waals surface area contributed by atoms with E-state index in [0.29, 0.717) is 11.3 Å². The number of nitrogens with zero attached hydrogens (tertiary/aromatic N) is 2. The molecule has 2 N–H and O–H groups in total. The first-order valence-electron chi connectivity index (χ1n) is 8.02. The van der Waals surface area contributed by atoms with E-state index in [1.807, 2.05) is 0 Å². The van der Waals surface area contributed by atoms with Gasteiger partial charge in [0.1, 0.15) is 11.6 Å². The summed E-state index contributed by atoms with van der Waals surface area (Å²) in [6.07, 6.45) is 2.94. The molecular weight excluding hydrogens is 340 g/mol. The van der Waals surface area contributed by atoms with E-state index in [9.17, 15) is 18.7 Å². The second kappa shape index (κ2) is 7.88. The topological polar surface area (TPSA) is 67.2 Å². The van der Waals surface area contributed by atoms with E-state index in [1.54, 1.807) is 24.3 Å². The van der Waals surface area contributed by atoms with Gasteiger partial charge in [-0.15, -0.1) is 0 Å². The van der Waals surface area contributed by atoms with Gasteiger partial charge in [0.05, 0.1) is 24.1 Å². The molecule has 0 spiro atoms. The lowest BCUT2D eigenvalue weighted by Gasteiger charge is -2.15. The third kappa shape index (κ3) is 4.12. The van der Waals surface area contributed by atoms with E-state index in [-0.39, 0.29) is 36.6 Å². The second-order valence-electron chi connectivity index (χ2n) is 5.79. The van der Waals surface area contributed by atoms with Crippen LogP contribution in [-0.4, -0.2) is 33.9 Å². The number of halogens is 2. The second-order valence-corrected chi connectivity index (χ2v) is 5.79. The molecule has 0 radical (unpaired) electrons. The summed E-state index contributed by atoms with van der Waals surface area (Å²) in [5.74, 6) is -1.40. The zero-order valence-corrected chi connectivity index (χ0v) is 13.8. The Morgan fingerprint density at radius 3 is 2.31 bits per heavy atom. The first kappa shape index (κ1) is 17.8. The van der Waals surface area contributed by atoms with Crippen molar-refractivity contribution in [3.05, 3.63) is 83.7 Å². The molecule has 0 aliphatic heterocycles. The predicted molar refractivity (Wildman–Crippen MR) is 92.1 cm³/mol. The molecule has 7 heteroatoms. The average molecular weight is 357 g/mol. The molecule has 3 aromatic rings. The van der Waals surface area contributed by atoms with Gasteiger partial charge >= 0.3 is 0 Å². The number of benzene rings is 2. The van der Waals surface area contributed by atoms with Gasteiger partial charge in [0.2, 0.25) is 0 Å². The zero-order chi connectivity index (χ0) is 18.5. The third-order valence-electron chi connectivity index (χ3n) is 4.01. The molecule has 0 fully saturated rings. The molecule has 3 rings (SSSR count). The highest BCUT2D eigenvalue weighted by molar-refractivity contribution is 5.93. The lowest BCUT2D eigenvalue weighted by atomic mass is 10.00. The van der Waals surface area contributed by atoms with Crippen LogP contribution in [0.2, 0.25) is 0 Å². The van der Waals surface area contributed by atoms with E-state index >= 15 is 0 Å². The van der Waals surface area contributed by atoms with Crippen molar-refractivity contribution in [2.75, 3.05) is 13.2 Å². The molecule has 0 saturated heterocycles. The molecule has 0 aliphatic rings. The largest absolute Gasteiger partial charge is 0.396 e. The van der Waals surface area contributed by atoms with E-state index in [0.717, 1.165) is 5.56 Å².